The Balaban J connectivity index is 1.30. The molecule has 4 rings (SSSR count). The van der Waals surface area contributed by atoms with Crippen molar-refractivity contribution < 1.29 is 27.8 Å². The van der Waals surface area contributed by atoms with Gasteiger partial charge in [-0.3, -0.25) is 4.79 Å². The Morgan fingerprint density at radius 2 is 1.71 bits per heavy atom. The highest BCUT2D eigenvalue weighted by Crippen LogP contribution is 2.42. The van der Waals surface area contributed by atoms with Gasteiger partial charge in [-0.2, -0.15) is 0 Å². The first-order chi connectivity index (χ1) is 16.7. The number of hydrogen-bond donors (Lipinski definition) is 2. The van der Waals surface area contributed by atoms with Crippen LogP contribution >= 0.6 is 0 Å². The standard InChI is InChI=1S/C27H35NO6S/c1-35(31,32)28-22-15-16-27(17-22,26(29)30)19-34-23-13-11-21(12-14-23)24-9-5-6-10-25(24)33-18-20-7-3-2-4-8-20/h2-10,21-23,28H,11-19H2,1H3,(H,29,30)/t21?,22-,23?,27-/m0/s1. The first-order valence-electron chi connectivity index (χ1n) is 12.3. The molecule has 2 saturated carbocycles. The first-order valence-corrected chi connectivity index (χ1v) is 14.2. The molecular weight excluding hydrogens is 466 g/mol. The molecule has 2 atom stereocenters. The van der Waals surface area contributed by atoms with Crippen molar-refractivity contribution in [3.63, 3.8) is 0 Å². The van der Waals surface area contributed by atoms with E-state index in [2.05, 4.69) is 22.9 Å². The molecule has 0 aromatic heterocycles. The number of sulfonamides is 1. The number of carbonyl (C=O) groups is 1. The number of aliphatic carboxylic acids is 1. The van der Waals surface area contributed by atoms with Crippen molar-refractivity contribution in [3.8, 4) is 5.75 Å². The molecule has 2 aliphatic carbocycles. The second kappa shape index (κ2) is 11.1. The summed E-state index contributed by atoms with van der Waals surface area (Å²) in [5, 5.41) is 9.89. The van der Waals surface area contributed by atoms with Crippen LogP contribution in [0.5, 0.6) is 5.75 Å². The van der Waals surface area contributed by atoms with Gasteiger partial charge in [-0.05, 0) is 68.1 Å². The largest absolute Gasteiger partial charge is 0.489 e. The third kappa shape index (κ3) is 6.84. The summed E-state index contributed by atoms with van der Waals surface area (Å²) in [6, 6.07) is 18.0. The lowest BCUT2D eigenvalue weighted by atomic mass is 9.82. The van der Waals surface area contributed by atoms with Crippen LogP contribution in [0, 0.1) is 5.41 Å². The summed E-state index contributed by atoms with van der Waals surface area (Å²) < 4.78 is 38.0. The van der Waals surface area contributed by atoms with Crippen molar-refractivity contribution in [1.29, 1.82) is 0 Å². The molecule has 0 heterocycles. The molecule has 0 amide bonds. The minimum Gasteiger partial charge on any atom is -0.489 e. The lowest BCUT2D eigenvalue weighted by Gasteiger charge is -2.32. The fourth-order valence-corrected chi connectivity index (χ4v) is 6.23. The monoisotopic (exact) mass is 501 g/mol. The minimum absolute atomic E-state index is 0.0155. The average molecular weight is 502 g/mol. The number of benzene rings is 2. The van der Waals surface area contributed by atoms with Gasteiger partial charge in [-0.1, -0.05) is 48.5 Å². The predicted octanol–water partition coefficient (Wildman–Crippen LogP) is 4.48. The van der Waals surface area contributed by atoms with Crippen LogP contribution in [0.1, 0.15) is 62.0 Å². The maximum absolute atomic E-state index is 12.1. The highest BCUT2D eigenvalue weighted by atomic mass is 32.2. The van der Waals surface area contributed by atoms with Crippen molar-refractivity contribution in [1.82, 2.24) is 4.72 Å². The molecule has 0 unspecified atom stereocenters. The van der Waals surface area contributed by atoms with Gasteiger partial charge in [-0.15, -0.1) is 0 Å². The van der Waals surface area contributed by atoms with E-state index in [-0.39, 0.29) is 25.2 Å². The number of nitrogens with one attached hydrogen (secondary N) is 1. The maximum atomic E-state index is 12.1. The summed E-state index contributed by atoms with van der Waals surface area (Å²) >= 11 is 0. The Morgan fingerprint density at radius 3 is 2.40 bits per heavy atom. The van der Waals surface area contributed by atoms with E-state index in [0.717, 1.165) is 43.3 Å². The van der Waals surface area contributed by atoms with Gasteiger partial charge in [0.1, 0.15) is 12.4 Å². The van der Waals surface area contributed by atoms with E-state index in [1.54, 1.807) is 0 Å². The zero-order valence-electron chi connectivity index (χ0n) is 20.2. The van der Waals surface area contributed by atoms with Crippen LogP contribution < -0.4 is 9.46 Å². The van der Waals surface area contributed by atoms with Crippen LogP contribution in [0.15, 0.2) is 54.6 Å². The highest BCUT2D eigenvalue weighted by Gasteiger charge is 2.47. The number of hydrogen-bond acceptors (Lipinski definition) is 5. The number of carboxylic acid groups (broad SMARTS) is 1. The van der Waals surface area contributed by atoms with Crippen LogP contribution in [0.25, 0.3) is 0 Å². The zero-order chi connectivity index (χ0) is 24.9. The van der Waals surface area contributed by atoms with Gasteiger partial charge in [0.2, 0.25) is 10.0 Å². The summed E-state index contributed by atoms with van der Waals surface area (Å²) in [6.07, 6.45) is 5.93. The lowest BCUT2D eigenvalue weighted by molar-refractivity contribution is -0.154. The molecule has 35 heavy (non-hydrogen) atoms. The Labute approximate surface area is 207 Å². The van der Waals surface area contributed by atoms with Gasteiger partial charge < -0.3 is 14.6 Å². The summed E-state index contributed by atoms with van der Waals surface area (Å²) in [5.74, 6) is 0.388. The number of rotatable bonds is 10. The molecule has 190 valence electrons. The Bertz CT molecular complexity index is 1100. The molecule has 2 N–H and O–H groups in total. The van der Waals surface area contributed by atoms with E-state index in [1.807, 2.05) is 36.4 Å². The quantitative estimate of drug-likeness (QED) is 0.498. The van der Waals surface area contributed by atoms with E-state index in [1.165, 1.54) is 5.56 Å². The van der Waals surface area contributed by atoms with E-state index in [9.17, 15) is 18.3 Å². The SMILES string of the molecule is CS(=O)(=O)N[C@H]1CC[C@](COC2CCC(c3ccccc3OCc3ccccc3)CC2)(C(=O)O)C1. The highest BCUT2D eigenvalue weighted by molar-refractivity contribution is 7.88. The van der Waals surface area contributed by atoms with Crippen LogP contribution in [-0.2, 0) is 26.2 Å². The third-order valence-electron chi connectivity index (χ3n) is 7.31. The van der Waals surface area contributed by atoms with Gasteiger partial charge in [0.15, 0.2) is 0 Å². The summed E-state index contributed by atoms with van der Waals surface area (Å²) in [7, 11) is -3.37. The Kier molecular flexibility index (Phi) is 8.14. The second-order valence-corrected chi connectivity index (χ2v) is 11.8. The zero-order valence-corrected chi connectivity index (χ0v) is 21.0. The third-order valence-corrected chi connectivity index (χ3v) is 8.07. The molecule has 2 aromatic rings. The maximum Gasteiger partial charge on any atom is 0.312 e. The fourth-order valence-electron chi connectivity index (χ4n) is 5.42. The number of carboxylic acids is 1. The molecule has 7 nitrogen and oxygen atoms in total. The molecule has 0 bridgehead atoms. The van der Waals surface area contributed by atoms with Gasteiger partial charge >= 0.3 is 5.97 Å². The number of para-hydroxylation sites is 1. The van der Waals surface area contributed by atoms with E-state index in [4.69, 9.17) is 9.47 Å². The topological polar surface area (TPSA) is 102 Å². The van der Waals surface area contributed by atoms with Gasteiger partial charge in [-0.25, -0.2) is 13.1 Å². The minimum atomic E-state index is -3.37. The van der Waals surface area contributed by atoms with E-state index >= 15 is 0 Å². The Morgan fingerprint density at radius 1 is 1.03 bits per heavy atom. The summed E-state index contributed by atoms with van der Waals surface area (Å²) in [6.45, 7) is 0.652. The fraction of sp³-hybridized carbons (Fsp3) is 0.519. The molecular formula is C27H35NO6S. The van der Waals surface area contributed by atoms with Crippen molar-refractivity contribution >= 4 is 16.0 Å². The molecule has 2 aliphatic rings. The first kappa shape index (κ1) is 25.7. The van der Waals surface area contributed by atoms with Crippen LogP contribution in [-0.4, -0.2) is 44.5 Å². The van der Waals surface area contributed by atoms with Gasteiger partial charge in [0.25, 0.3) is 0 Å². The van der Waals surface area contributed by atoms with E-state index in [0.29, 0.717) is 25.4 Å². The van der Waals surface area contributed by atoms with E-state index < -0.39 is 21.4 Å². The smallest absolute Gasteiger partial charge is 0.312 e. The summed E-state index contributed by atoms with van der Waals surface area (Å²) in [5.41, 5.74) is 1.32. The molecule has 8 heteroatoms. The predicted molar refractivity (Wildman–Crippen MR) is 134 cm³/mol. The van der Waals surface area contributed by atoms with Crippen molar-refractivity contribution in [2.45, 2.75) is 69.6 Å². The van der Waals surface area contributed by atoms with Crippen LogP contribution in [0.3, 0.4) is 0 Å². The van der Waals surface area contributed by atoms with Crippen molar-refractivity contribution in [3.05, 3.63) is 65.7 Å². The Hall–Kier alpha value is -2.42. The lowest BCUT2D eigenvalue weighted by Crippen LogP contribution is -2.39. The normalized spacial score (nSPS) is 26.9. The molecule has 0 radical (unpaired) electrons. The molecule has 0 aliphatic heterocycles. The molecule has 0 spiro atoms. The average Bonchev–Trinajstić information content (AvgIpc) is 3.25. The van der Waals surface area contributed by atoms with Crippen molar-refractivity contribution in [2.75, 3.05) is 12.9 Å². The number of ether oxygens (including phenoxy) is 2. The molecule has 2 aromatic carbocycles. The second-order valence-electron chi connectivity index (χ2n) is 10.0. The van der Waals surface area contributed by atoms with Crippen molar-refractivity contribution in [2.24, 2.45) is 5.41 Å². The molecule has 0 saturated heterocycles. The van der Waals surface area contributed by atoms with Crippen LogP contribution in [0.4, 0.5) is 0 Å². The molecule has 2 fully saturated rings. The summed E-state index contributed by atoms with van der Waals surface area (Å²) in [4.78, 5) is 12.1. The van der Waals surface area contributed by atoms with Gasteiger partial charge in [0, 0.05) is 6.04 Å². The van der Waals surface area contributed by atoms with Crippen LogP contribution in [0.2, 0.25) is 0 Å². The van der Waals surface area contributed by atoms with Gasteiger partial charge in [0.05, 0.1) is 24.4 Å².